The molecule has 4 heteroatoms. The quantitative estimate of drug-likeness (QED) is 0.847. The standard InChI is InChI=1S/C17H22N2O2/c1-4-18-13(2)14-7-9-16(10-8-14)21-12-15-6-5-11-19-17(15)20-3/h5-11,13,18H,4,12H2,1-3H3. The molecule has 0 bridgehead atoms. The number of ether oxygens (including phenoxy) is 2. The van der Waals surface area contributed by atoms with Gasteiger partial charge in [0.15, 0.2) is 0 Å². The van der Waals surface area contributed by atoms with Crippen molar-refractivity contribution in [3.05, 3.63) is 53.7 Å². The number of benzene rings is 1. The summed E-state index contributed by atoms with van der Waals surface area (Å²) in [4.78, 5) is 4.16. The summed E-state index contributed by atoms with van der Waals surface area (Å²) in [5.74, 6) is 1.45. The van der Waals surface area contributed by atoms with E-state index in [0.717, 1.165) is 17.9 Å². The first kappa shape index (κ1) is 15.3. The molecule has 1 heterocycles. The highest BCUT2D eigenvalue weighted by atomic mass is 16.5. The molecule has 0 fully saturated rings. The molecule has 0 aliphatic carbocycles. The van der Waals surface area contributed by atoms with Crippen LogP contribution in [0.4, 0.5) is 0 Å². The van der Waals surface area contributed by atoms with Crippen molar-refractivity contribution in [3.63, 3.8) is 0 Å². The molecule has 0 saturated heterocycles. The molecule has 1 unspecified atom stereocenters. The molecule has 0 saturated carbocycles. The molecular weight excluding hydrogens is 264 g/mol. The Hall–Kier alpha value is -2.07. The molecule has 1 atom stereocenters. The van der Waals surface area contributed by atoms with Gasteiger partial charge in [-0.2, -0.15) is 0 Å². The van der Waals surface area contributed by atoms with Crippen LogP contribution in [0.1, 0.15) is 31.0 Å². The Morgan fingerprint density at radius 3 is 2.62 bits per heavy atom. The van der Waals surface area contributed by atoms with E-state index in [1.165, 1.54) is 5.56 Å². The molecule has 112 valence electrons. The topological polar surface area (TPSA) is 43.4 Å². The number of nitrogens with zero attached hydrogens (tertiary/aromatic N) is 1. The van der Waals surface area contributed by atoms with E-state index in [1.807, 2.05) is 24.3 Å². The Morgan fingerprint density at radius 1 is 1.19 bits per heavy atom. The molecule has 0 spiro atoms. The fourth-order valence-corrected chi connectivity index (χ4v) is 2.16. The SMILES string of the molecule is CCNC(C)c1ccc(OCc2cccnc2OC)cc1. The summed E-state index contributed by atoms with van der Waals surface area (Å²) in [6, 6.07) is 12.3. The van der Waals surface area contributed by atoms with Crippen LogP contribution in [0.2, 0.25) is 0 Å². The van der Waals surface area contributed by atoms with Crippen LogP contribution >= 0.6 is 0 Å². The third-order valence-corrected chi connectivity index (χ3v) is 3.33. The number of hydrogen-bond acceptors (Lipinski definition) is 4. The monoisotopic (exact) mass is 286 g/mol. The highest BCUT2D eigenvalue weighted by Gasteiger charge is 2.06. The normalized spacial score (nSPS) is 12.0. The second-order valence-electron chi connectivity index (χ2n) is 4.81. The lowest BCUT2D eigenvalue weighted by Crippen LogP contribution is -2.17. The van der Waals surface area contributed by atoms with E-state index in [9.17, 15) is 0 Å². The molecule has 0 aliphatic rings. The van der Waals surface area contributed by atoms with Crippen LogP contribution < -0.4 is 14.8 Å². The van der Waals surface area contributed by atoms with E-state index in [2.05, 4.69) is 36.3 Å². The molecule has 2 rings (SSSR count). The van der Waals surface area contributed by atoms with Gasteiger partial charge in [-0.1, -0.05) is 19.1 Å². The number of aromatic nitrogens is 1. The van der Waals surface area contributed by atoms with Gasteiger partial charge in [-0.3, -0.25) is 0 Å². The highest BCUT2D eigenvalue weighted by molar-refractivity contribution is 5.30. The fourth-order valence-electron chi connectivity index (χ4n) is 2.16. The van der Waals surface area contributed by atoms with Crippen molar-refractivity contribution in [2.45, 2.75) is 26.5 Å². The highest BCUT2D eigenvalue weighted by Crippen LogP contribution is 2.20. The summed E-state index contributed by atoms with van der Waals surface area (Å²) in [5, 5.41) is 3.39. The van der Waals surface area contributed by atoms with Gasteiger partial charge in [-0.05, 0) is 43.3 Å². The minimum atomic E-state index is 0.350. The summed E-state index contributed by atoms with van der Waals surface area (Å²) in [7, 11) is 1.61. The van der Waals surface area contributed by atoms with Crippen molar-refractivity contribution >= 4 is 0 Å². The van der Waals surface area contributed by atoms with E-state index in [4.69, 9.17) is 9.47 Å². The second-order valence-corrected chi connectivity index (χ2v) is 4.81. The van der Waals surface area contributed by atoms with Crippen molar-refractivity contribution in [1.29, 1.82) is 0 Å². The molecule has 0 radical (unpaired) electrons. The minimum absolute atomic E-state index is 0.350. The van der Waals surface area contributed by atoms with Crippen LogP contribution in [0, 0.1) is 0 Å². The maximum Gasteiger partial charge on any atom is 0.219 e. The van der Waals surface area contributed by atoms with E-state index in [0.29, 0.717) is 18.5 Å². The predicted octanol–water partition coefficient (Wildman–Crippen LogP) is 3.34. The van der Waals surface area contributed by atoms with Gasteiger partial charge in [-0.25, -0.2) is 4.98 Å². The van der Waals surface area contributed by atoms with E-state index >= 15 is 0 Å². The number of nitrogens with one attached hydrogen (secondary N) is 1. The van der Waals surface area contributed by atoms with Crippen molar-refractivity contribution in [2.75, 3.05) is 13.7 Å². The molecule has 0 amide bonds. The number of rotatable bonds is 7. The van der Waals surface area contributed by atoms with Crippen LogP contribution in [0.5, 0.6) is 11.6 Å². The van der Waals surface area contributed by atoms with Gasteiger partial charge in [-0.15, -0.1) is 0 Å². The Kier molecular flexibility index (Phi) is 5.58. The van der Waals surface area contributed by atoms with Gasteiger partial charge in [0.25, 0.3) is 0 Å². The molecule has 1 N–H and O–H groups in total. The molecular formula is C17H22N2O2. The lowest BCUT2D eigenvalue weighted by molar-refractivity contribution is 0.293. The van der Waals surface area contributed by atoms with E-state index < -0.39 is 0 Å². The lowest BCUT2D eigenvalue weighted by Gasteiger charge is -2.14. The average molecular weight is 286 g/mol. The fraction of sp³-hybridized carbons (Fsp3) is 0.353. The Labute approximate surface area is 126 Å². The third-order valence-electron chi connectivity index (χ3n) is 3.33. The first-order valence-electron chi connectivity index (χ1n) is 7.18. The largest absolute Gasteiger partial charge is 0.489 e. The first-order valence-corrected chi connectivity index (χ1v) is 7.18. The third kappa shape index (κ3) is 4.20. The van der Waals surface area contributed by atoms with Crippen LogP contribution in [-0.2, 0) is 6.61 Å². The first-order chi connectivity index (χ1) is 10.2. The van der Waals surface area contributed by atoms with Crippen molar-refractivity contribution in [3.8, 4) is 11.6 Å². The Balaban J connectivity index is 1.97. The van der Waals surface area contributed by atoms with Gasteiger partial charge >= 0.3 is 0 Å². The van der Waals surface area contributed by atoms with E-state index in [1.54, 1.807) is 13.3 Å². The Morgan fingerprint density at radius 2 is 1.95 bits per heavy atom. The number of pyridine rings is 1. The Bertz CT molecular complexity index is 555. The van der Waals surface area contributed by atoms with Crippen LogP contribution in [0.25, 0.3) is 0 Å². The van der Waals surface area contributed by atoms with Gasteiger partial charge in [0.05, 0.1) is 12.7 Å². The number of hydrogen-bond donors (Lipinski definition) is 1. The summed E-state index contributed by atoms with van der Waals surface area (Å²) >= 11 is 0. The maximum absolute atomic E-state index is 5.79. The zero-order chi connectivity index (χ0) is 15.1. The van der Waals surface area contributed by atoms with Crippen LogP contribution in [0.15, 0.2) is 42.6 Å². The van der Waals surface area contributed by atoms with Crippen molar-refractivity contribution < 1.29 is 9.47 Å². The zero-order valence-corrected chi connectivity index (χ0v) is 12.8. The summed E-state index contributed by atoms with van der Waals surface area (Å²) in [6.07, 6.45) is 1.71. The maximum atomic E-state index is 5.79. The van der Waals surface area contributed by atoms with E-state index in [-0.39, 0.29) is 0 Å². The molecule has 21 heavy (non-hydrogen) atoms. The predicted molar refractivity (Wildman–Crippen MR) is 83.7 cm³/mol. The van der Waals surface area contributed by atoms with Crippen LogP contribution in [-0.4, -0.2) is 18.6 Å². The average Bonchev–Trinajstić information content (AvgIpc) is 2.54. The molecule has 2 aromatic rings. The van der Waals surface area contributed by atoms with Gasteiger partial charge in [0, 0.05) is 12.2 Å². The number of methoxy groups -OCH3 is 1. The van der Waals surface area contributed by atoms with Gasteiger partial charge < -0.3 is 14.8 Å². The van der Waals surface area contributed by atoms with Gasteiger partial charge in [0.1, 0.15) is 12.4 Å². The second kappa shape index (κ2) is 7.64. The lowest BCUT2D eigenvalue weighted by atomic mass is 10.1. The molecule has 0 aliphatic heterocycles. The smallest absolute Gasteiger partial charge is 0.219 e. The zero-order valence-electron chi connectivity index (χ0n) is 12.8. The van der Waals surface area contributed by atoms with Crippen molar-refractivity contribution in [1.82, 2.24) is 10.3 Å². The summed E-state index contributed by atoms with van der Waals surface area (Å²) in [6.45, 7) is 5.66. The molecule has 1 aromatic carbocycles. The van der Waals surface area contributed by atoms with Crippen molar-refractivity contribution in [2.24, 2.45) is 0 Å². The summed E-state index contributed by atoms with van der Waals surface area (Å²) < 4.78 is 11.0. The molecule has 4 nitrogen and oxygen atoms in total. The molecule has 1 aromatic heterocycles. The summed E-state index contributed by atoms with van der Waals surface area (Å²) in [5.41, 5.74) is 2.19. The van der Waals surface area contributed by atoms with Gasteiger partial charge in [0.2, 0.25) is 5.88 Å². The minimum Gasteiger partial charge on any atom is -0.489 e. The van der Waals surface area contributed by atoms with Crippen LogP contribution in [0.3, 0.4) is 0 Å².